The van der Waals surface area contributed by atoms with Crippen LogP contribution in [0.4, 0.5) is 0 Å². The van der Waals surface area contributed by atoms with Gasteiger partial charge in [0.2, 0.25) is 0 Å². The number of hydrogen-bond donors (Lipinski definition) is 1. The molecule has 1 aromatic carbocycles. The number of ether oxygens (including phenoxy) is 1. The summed E-state index contributed by atoms with van der Waals surface area (Å²) in [5.74, 6) is -0.535. The molecule has 1 N–H and O–H groups in total. The molecule has 2 aromatic rings. The van der Waals surface area contributed by atoms with Gasteiger partial charge in [-0.25, -0.2) is 4.79 Å². The van der Waals surface area contributed by atoms with E-state index in [1.807, 2.05) is 54.8 Å². The first-order valence-electron chi connectivity index (χ1n) is 9.63. The molecule has 5 heteroatoms. The van der Waals surface area contributed by atoms with Crippen LogP contribution in [0.5, 0.6) is 0 Å². The second-order valence-corrected chi connectivity index (χ2v) is 8.13. The molecule has 4 nitrogen and oxygen atoms in total. The van der Waals surface area contributed by atoms with Gasteiger partial charge in [0.05, 0.1) is 18.1 Å². The molecule has 2 aliphatic rings. The van der Waals surface area contributed by atoms with Gasteiger partial charge in [-0.15, -0.1) is 11.3 Å². The third-order valence-electron chi connectivity index (χ3n) is 5.29. The monoisotopic (exact) mass is 393 g/mol. The van der Waals surface area contributed by atoms with E-state index in [2.05, 4.69) is 5.32 Å². The molecule has 0 saturated carbocycles. The fraction of sp³-hybridized carbons (Fsp3) is 0.304. The van der Waals surface area contributed by atoms with E-state index in [-0.39, 0.29) is 17.7 Å². The molecule has 0 amide bonds. The number of rotatable bonds is 5. The van der Waals surface area contributed by atoms with Gasteiger partial charge in [0.25, 0.3) is 0 Å². The average Bonchev–Trinajstić information content (AvgIpc) is 3.22. The average molecular weight is 394 g/mol. The standard InChI is InChI=1S/C23H23NO3S/c1-15-20(23(26)27-13-12-16-7-3-2-4-8-16)22(19-11-6-14-28-19)21-17(24-15)9-5-10-18(21)25/h2-4,6-8,11,14,22,24H,5,9-10,12-13H2,1H3/t22-/m1/s1. The SMILES string of the molecule is CC1=C(C(=O)OCCc2ccccc2)[C@@H](c2cccs2)C2=C(CCCC2=O)N1. The van der Waals surface area contributed by atoms with Crippen molar-refractivity contribution in [2.24, 2.45) is 0 Å². The molecule has 1 aromatic heterocycles. The molecule has 4 rings (SSSR count). The number of benzene rings is 1. The number of hydrogen-bond acceptors (Lipinski definition) is 5. The summed E-state index contributed by atoms with van der Waals surface area (Å²) in [5, 5.41) is 5.31. The number of carbonyl (C=O) groups excluding carboxylic acids is 2. The Morgan fingerprint density at radius 1 is 1.18 bits per heavy atom. The van der Waals surface area contributed by atoms with Gasteiger partial charge in [0.15, 0.2) is 5.78 Å². The first-order valence-corrected chi connectivity index (χ1v) is 10.5. The Labute approximate surface area is 168 Å². The molecular weight excluding hydrogens is 370 g/mol. The predicted molar refractivity (Wildman–Crippen MR) is 110 cm³/mol. The number of ketones is 1. The van der Waals surface area contributed by atoms with Crippen LogP contribution in [0.3, 0.4) is 0 Å². The summed E-state index contributed by atoms with van der Waals surface area (Å²) in [7, 11) is 0. The van der Waals surface area contributed by atoms with E-state index in [9.17, 15) is 9.59 Å². The highest BCUT2D eigenvalue weighted by molar-refractivity contribution is 7.10. The summed E-state index contributed by atoms with van der Waals surface area (Å²) >= 11 is 1.58. The van der Waals surface area contributed by atoms with Crippen molar-refractivity contribution in [3.63, 3.8) is 0 Å². The first-order chi connectivity index (χ1) is 13.6. The smallest absolute Gasteiger partial charge is 0.336 e. The largest absolute Gasteiger partial charge is 0.462 e. The number of dihydropyridines is 1. The Hall–Kier alpha value is -2.66. The molecule has 1 aliphatic heterocycles. The van der Waals surface area contributed by atoms with E-state index in [0.717, 1.165) is 40.2 Å². The topological polar surface area (TPSA) is 55.4 Å². The molecule has 0 saturated heterocycles. The van der Waals surface area contributed by atoms with Gasteiger partial charge < -0.3 is 10.1 Å². The van der Waals surface area contributed by atoms with E-state index in [0.29, 0.717) is 25.0 Å². The van der Waals surface area contributed by atoms with Gasteiger partial charge >= 0.3 is 5.97 Å². The molecule has 0 radical (unpaired) electrons. The zero-order valence-electron chi connectivity index (χ0n) is 15.9. The van der Waals surface area contributed by atoms with Gasteiger partial charge in [0.1, 0.15) is 0 Å². The Morgan fingerprint density at radius 3 is 2.75 bits per heavy atom. The summed E-state index contributed by atoms with van der Waals surface area (Å²) in [6.45, 7) is 2.22. The van der Waals surface area contributed by atoms with Crippen LogP contribution in [0.25, 0.3) is 0 Å². The minimum absolute atomic E-state index is 0.134. The Morgan fingerprint density at radius 2 is 2.00 bits per heavy atom. The molecule has 0 fully saturated rings. The Kier molecular flexibility index (Phi) is 5.44. The van der Waals surface area contributed by atoms with Crippen LogP contribution >= 0.6 is 11.3 Å². The van der Waals surface area contributed by atoms with Gasteiger partial charge in [-0.2, -0.15) is 0 Å². The first kappa shape index (κ1) is 18.7. The van der Waals surface area contributed by atoms with Crippen molar-refractivity contribution < 1.29 is 14.3 Å². The highest BCUT2D eigenvalue weighted by Crippen LogP contribution is 2.43. The fourth-order valence-corrected chi connectivity index (χ4v) is 4.82. The van der Waals surface area contributed by atoms with Crippen LogP contribution in [-0.2, 0) is 20.7 Å². The lowest BCUT2D eigenvalue weighted by molar-refractivity contribution is -0.139. The van der Waals surface area contributed by atoms with Crippen molar-refractivity contribution in [2.75, 3.05) is 6.61 Å². The van der Waals surface area contributed by atoms with Crippen LogP contribution < -0.4 is 5.32 Å². The Bertz CT molecular complexity index is 941. The summed E-state index contributed by atoms with van der Waals surface area (Å²) in [5.41, 5.74) is 4.19. The van der Waals surface area contributed by atoms with Crippen molar-refractivity contribution in [3.05, 3.63) is 80.8 Å². The van der Waals surface area contributed by atoms with Crippen molar-refractivity contribution in [3.8, 4) is 0 Å². The molecule has 1 aliphatic carbocycles. The number of allylic oxidation sites excluding steroid dienone is 3. The number of nitrogens with one attached hydrogen (secondary N) is 1. The third-order valence-corrected chi connectivity index (χ3v) is 6.23. The van der Waals surface area contributed by atoms with E-state index in [1.54, 1.807) is 11.3 Å². The van der Waals surface area contributed by atoms with Crippen molar-refractivity contribution >= 4 is 23.1 Å². The van der Waals surface area contributed by atoms with Crippen LogP contribution in [0.2, 0.25) is 0 Å². The number of esters is 1. The van der Waals surface area contributed by atoms with Gasteiger partial charge in [-0.05, 0) is 36.8 Å². The maximum atomic E-state index is 13.0. The second-order valence-electron chi connectivity index (χ2n) is 7.15. The molecule has 28 heavy (non-hydrogen) atoms. The molecule has 144 valence electrons. The highest BCUT2D eigenvalue weighted by Gasteiger charge is 2.39. The van der Waals surface area contributed by atoms with E-state index in [4.69, 9.17) is 4.74 Å². The zero-order valence-corrected chi connectivity index (χ0v) is 16.7. The minimum atomic E-state index is -0.343. The summed E-state index contributed by atoms with van der Waals surface area (Å²) < 4.78 is 5.63. The van der Waals surface area contributed by atoms with Gasteiger partial charge in [-0.3, -0.25) is 4.79 Å². The van der Waals surface area contributed by atoms with Crippen molar-refractivity contribution in [2.45, 2.75) is 38.5 Å². The Balaban J connectivity index is 1.59. The fourth-order valence-electron chi connectivity index (χ4n) is 3.98. The number of carbonyl (C=O) groups is 2. The van der Waals surface area contributed by atoms with E-state index < -0.39 is 0 Å². The molecule has 2 heterocycles. The molecule has 0 spiro atoms. The quantitative estimate of drug-likeness (QED) is 0.760. The third kappa shape index (κ3) is 3.67. The maximum absolute atomic E-state index is 13.0. The van der Waals surface area contributed by atoms with Crippen LogP contribution in [0.15, 0.2) is 70.4 Å². The molecule has 1 atom stereocenters. The van der Waals surface area contributed by atoms with Gasteiger partial charge in [-0.1, -0.05) is 36.4 Å². The van der Waals surface area contributed by atoms with Crippen molar-refractivity contribution in [1.82, 2.24) is 5.32 Å². The molecular formula is C23H23NO3S. The lowest BCUT2D eigenvalue weighted by Crippen LogP contribution is -2.34. The predicted octanol–water partition coefficient (Wildman–Crippen LogP) is 4.50. The summed E-state index contributed by atoms with van der Waals surface area (Å²) in [6.07, 6.45) is 2.91. The van der Waals surface area contributed by atoms with Crippen LogP contribution in [0.1, 0.15) is 42.5 Å². The zero-order chi connectivity index (χ0) is 19.5. The molecule has 0 unspecified atom stereocenters. The van der Waals surface area contributed by atoms with Gasteiger partial charge in [0, 0.05) is 34.7 Å². The number of Topliss-reactive ketones (excluding diaryl/α,β-unsaturated/α-hetero) is 1. The summed E-state index contributed by atoms with van der Waals surface area (Å²) in [4.78, 5) is 26.8. The minimum Gasteiger partial charge on any atom is -0.462 e. The highest BCUT2D eigenvalue weighted by atomic mass is 32.1. The van der Waals surface area contributed by atoms with E-state index in [1.165, 1.54) is 0 Å². The lowest BCUT2D eigenvalue weighted by atomic mass is 9.78. The lowest BCUT2D eigenvalue weighted by Gasteiger charge is -2.33. The maximum Gasteiger partial charge on any atom is 0.336 e. The van der Waals surface area contributed by atoms with Crippen molar-refractivity contribution in [1.29, 1.82) is 0 Å². The van der Waals surface area contributed by atoms with E-state index >= 15 is 0 Å². The normalized spacial score (nSPS) is 19.3. The number of thiophene rings is 1. The second kappa shape index (κ2) is 8.15. The van der Waals surface area contributed by atoms with Crippen LogP contribution in [0, 0.1) is 0 Å². The van der Waals surface area contributed by atoms with Crippen LogP contribution in [-0.4, -0.2) is 18.4 Å². The summed E-state index contributed by atoms with van der Waals surface area (Å²) in [6, 6.07) is 13.9. The molecule has 0 bridgehead atoms.